The molecule has 2 atom stereocenters. The molecule has 2 aromatic rings. The van der Waals surface area contributed by atoms with E-state index in [0.29, 0.717) is 47.1 Å². The van der Waals surface area contributed by atoms with Crippen LogP contribution in [0.5, 0.6) is 23.0 Å². The van der Waals surface area contributed by atoms with Crippen LogP contribution in [0.15, 0.2) is 47.7 Å². The van der Waals surface area contributed by atoms with Gasteiger partial charge in [-0.25, -0.2) is 0 Å². The van der Waals surface area contributed by atoms with Gasteiger partial charge in [0.2, 0.25) is 5.91 Å². The molecule has 0 bridgehead atoms. The van der Waals surface area contributed by atoms with Crippen molar-refractivity contribution in [3.63, 3.8) is 0 Å². The predicted molar refractivity (Wildman–Crippen MR) is 119 cm³/mol. The first-order valence-corrected chi connectivity index (χ1v) is 10.5. The highest BCUT2D eigenvalue weighted by Crippen LogP contribution is 2.47. The summed E-state index contributed by atoms with van der Waals surface area (Å²) < 4.78 is 21.9. The van der Waals surface area contributed by atoms with Gasteiger partial charge in [0.25, 0.3) is 0 Å². The summed E-state index contributed by atoms with van der Waals surface area (Å²) in [5.74, 6) is 1.88. The van der Waals surface area contributed by atoms with E-state index in [0.717, 1.165) is 11.1 Å². The van der Waals surface area contributed by atoms with E-state index in [1.54, 1.807) is 34.5 Å². The molecule has 7 heteroatoms. The van der Waals surface area contributed by atoms with Gasteiger partial charge in [-0.1, -0.05) is 12.1 Å². The number of rotatable bonds is 6. The maximum atomic E-state index is 13.5. The fourth-order valence-electron chi connectivity index (χ4n) is 4.79. The van der Waals surface area contributed by atoms with Gasteiger partial charge in [0.1, 0.15) is 11.5 Å². The normalized spacial score (nSPS) is 20.4. The molecule has 1 aliphatic carbocycles. The summed E-state index contributed by atoms with van der Waals surface area (Å²) in [6, 6.07) is 11.1. The van der Waals surface area contributed by atoms with Crippen LogP contribution in [0.1, 0.15) is 42.2 Å². The van der Waals surface area contributed by atoms with E-state index >= 15 is 0 Å². The molecule has 1 amide bonds. The fraction of sp³-hybridized carbons (Fsp3) is 0.360. The van der Waals surface area contributed by atoms with Crippen molar-refractivity contribution in [3.8, 4) is 23.0 Å². The van der Waals surface area contributed by atoms with Crippen LogP contribution < -0.4 is 24.3 Å². The zero-order valence-corrected chi connectivity index (χ0v) is 18.7. The Morgan fingerprint density at radius 2 is 1.59 bits per heavy atom. The Balaban J connectivity index is 1.77. The van der Waals surface area contributed by atoms with E-state index in [-0.39, 0.29) is 29.9 Å². The zero-order valence-electron chi connectivity index (χ0n) is 18.7. The highest BCUT2D eigenvalue weighted by molar-refractivity contribution is 6.02. The molecule has 0 fully saturated rings. The highest BCUT2D eigenvalue weighted by atomic mass is 16.5. The Labute approximate surface area is 187 Å². The van der Waals surface area contributed by atoms with E-state index in [9.17, 15) is 9.59 Å². The number of methoxy groups -OCH3 is 4. The van der Waals surface area contributed by atoms with Gasteiger partial charge in [0.05, 0.1) is 28.4 Å². The second kappa shape index (κ2) is 8.94. The van der Waals surface area contributed by atoms with Gasteiger partial charge in [-0.3, -0.25) is 9.59 Å². The standard InChI is InChI=1S/C25H27NO6/c1-29-15-8-9-21(30-2)17(12-15)14-10-19-24(20(27)11-14)18(13-23(28)26-19)16-6-5-7-22(31-3)25(16)32-4/h5-9,12,14,18H,10-11,13H2,1-4H3,(H,26,28)/t14-,18+/m0/s1. The Hall–Kier alpha value is -3.48. The molecular weight excluding hydrogens is 410 g/mol. The van der Waals surface area contributed by atoms with Crippen LogP contribution in [0, 0.1) is 0 Å². The maximum absolute atomic E-state index is 13.5. The Bertz CT molecular complexity index is 1090. The average molecular weight is 437 g/mol. The molecule has 1 N–H and O–H groups in total. The Morgan fingerprint density at radius 3 is 2.28 bits per heavy atom. The number of ether oxygens (including phenoxy) is 4. The number of ketones is 1. The van der Waals surface area contributed by atoms with E-state index in [4.69, 9.17) is 18.9 Å². The lowest BCUT2D eigenvalue weighted by Crippen LogP contribution is -2.38. The van der Waals surface area contributed by atoms with Crippen LogP contribution in [-0.2, 0) is 9.59 Å². The number of allylic oxidation sites excluding steroid dienone is 2. The molecule has 1 aliphatic heterocycles. The number of carbonyl (C=O) groups excluding carboxylic acids is 2. The molecule has 2 aliphatic rings. The lowest BCUT2D eigenvalue weighted by Gasteiger charge is -2.35. The van der Waals surface area contributed by atoms with Crippen molar-refractivity contribution in [3.05, 3.63) is 58.8 Å². The summed E-state index contributed by atoms with van der Waals surface area (Å²) in [6.45, 7) is 0. The topological polar surface area (TPSA) is 83.1 Å². The number of amides is 1. The molecular formula is C25H27NO6. The molecule has 32 heavy (non-hydrogen) atoms. The van der Waals surface area contributed by atoms with Crippen LogP contribution in [0.3, 0.4) is 0 Å². The number of nitrogens with one attached hydrogen (secondary N) is 1. The quantitative estimate of drug-likeness (QED) is 0.742. The summed E-state index contributed by atoms with van der Waals surface area (Å²) in [6.07, 6.45) is 1.03. The average Bonchev–Trinajstić information content (AvgIpc) is 2.81. The van der Waals surface area contributed by atoms with Gasteiger partial charge in [-0.15, -0.1) is 0 Å². The summed E-state index contributed by atoms with van der Waals surface area (Å²) >= 11 is 0. The molecule has 0 saturated heterocycles. The van der Waals surface area contributed by atoms with Crippen molar-refractivity contribution in [2.45, 2.75) is 31.1 Å². The second-order valence-electron chi connectivity index (χ2n) is 7.92. The van der Waals surface area contributed by atoms with Crippen LogP contribution >= 0.6 is 0 Å². The van der Waals surface area contributed by atoms with Crippen LogP contribution in [0.2, 0.25) is 0 Å². The monoisotopic (exact) mass is 437 g/mol. The molecule has 0 radical (unpaired) electrons. The van der Waals surface area contributed by atoms with Crippen LogP contribution in [0.4, 0.5) is 0 Å². The van der Waals surface area contributed by atoms with Gasteiger partial charge < -0.3 is 24.3 Å². The SMILES string of the molecule is COc1ccc(OC)c([C@@H]2CC(=O)C3=C(C2)NC(=O)C[C@@H]3c2cccc(OC)c2OC)c1. The van der Waals surface area contributed by atoms with Gasteiger partial charge in [-0.2, -0.15) is 0 Å². The minimum atomic E-state index is -0.385. The van der Waals surface area contributed by atoms with E-state index < -0.39 is 0 Å². The third-order valence-electron chi connectivity index (χ3n) is 6.22. The third kappa shape index (κ3) is 3.79. The van der Waals surface area contributed by atoms with Crippen LogP contribution in [-0.4, -0.2) is 40.1 Å². The first-order chi connectivity index (χ1) is 15.5. The number of Topliss-reactive ketones (excluding diaryl/α,β-unsaturated/α-hetero) is 1. The number of carbonyl (C=O) groups is 2. The van der Waals surface area contributed by atoms with Gasteiger partial charge >= 0.3 is 0 Å². The summed E-state index contributed by atoms with van der Waals surface area (Å²) in [5, 5.41) is 2.96. The van der Waals surface area contributed by atoms with E-state index in [1.165, 1.54) is 0 Å². The number of para-hydroxylation sites is 1. The molecule has 7 nitrogen and oxygen atoms in total. The summed E-state index contributed by atoms with van der Waals surface area (Å²) in [5.41, 5.74) is 2.98. The Kier molecular flexibility index (Phi) is 6.08. The van der Waals surface area contributed by atoms with E-state index in [1.807, 2.05) is 30.3 Å². The molecule has 0 saturated carbocycles. The minimum Gasteiger partial charge on any atom is -0.497 e. The smallest absolute Gasteiger partial charge is 0.225 e. The lowest BCUT2D eigenvalue weighted by atomic mass is 9.73. The number of benzene rings is 2. The largest absolute Gasteiger partial charge is 0.497 e. The highest BCUT2D eigenvalue weighted by Gasteiger charge is 2.40. The predicted octanol–water partition coefficient (Wildman–Crippen LogP) is 3.73. The minimum absolute atomic E-state index is 0.0102. The first-order valence-electron chi connectivity index (χ1n) is 10.5. The van der Waals surface area contributed by atoms with Crippen molar-refractivity contribution < 1.29 is 28.5 Å². The van der Waals surface area contributed by atoms with Gasteiger partial charge in [0.15, 0.2) is 17.3 Å². The molecule has 2 aromatic carbocycles. The molecule has 0 spiro atoms. The molecule has 0 unspecified atom stereocenters. The van der Waals surface area contributed by atoms with Crippen molar-refractivity contribution in [2.24, 2.45) is 0 Å². The fourth-order valence-corrected chi connectivity index (χ4v) is 4.79. The molecule has 168 valence electrons. The second-order valence-corrected chi connectivity index (χ2v) is 7.92. The molecule has 0 aromatic heterocycles. The van der Waals surface area contributed by atoms with Crippen molar-refractivity contribution in [1.82, 2.24) is 5.32 Å². The van der Waals surface area contributed by atoms with E-state index in [2.05, 4.69) is 5.32 Å². The third-order valence-corrected chi connectivity index (χ3v) is 6.22. The first kappa shape index (κ1) is 21.7. The van der Waals surface area contributed by atoms with Gasteiger partial charge in [-0.05, 0) is 30.7 Å². The number of hydrogen-bond donors (Lipinski definition) is 1. The lowest BCUT2D eigenvalue weighted by molar-refractivity contribution is -0.122. The van der Waals surface area contributed by atoms with Crippen LogP contribution in [0.25, 0.3) is 0 Å². The molecule has 1 heterocycles. The van der Waals surface area contributed by atoms with Gasteiger partial charge in [0, 0.05) is 47.1 Å². The zero-order chi connectivity index (χ0) is 22.8. The van der Waals surface area contributed by atoms with Crippen molar-refractivity contribution >= 4 is 11.7 Å². The van der Waals surface area contributed by atoms with Crippen molar-refractivity contribution in [2.75, 3.05) is 28.4 Å². The molecule has 4 rings (SSSR count). The maximum Gasteiger partial charge on any atom is 0.225 e. The number of hydrogen-bond acceptors (Lipinski definition) is 6. The Morgan fingerprint density at radius 1 is 0.812 bits per heavy atom. The summed E-state index contributed by atoms with van der Waals surface area (Å²) in [4.78, 5) is 26.1. The van der Waals surface area contributed by atoms with Crippen molar-refractivity contribution in [1.29, 1.82) is 0 Å². The summed E-state index contributed by atoms with van der Waals surface area (Å²) in [7, 11) is 6.34.